The van der Waals surface area contributed by atoms with Crippen LogP contribution in [0.25, 0.3) is 0 Å². The second-order valence-corrected chi connectivity index (χ2v) is 5.63. The van der Waals surface area contributed by atoms with Crippen LogP contribution in [0, 0.1) is 5.41 Å². The molecule has 96 valence electrons. The van der Waals surface area contributed by atoms with Gasteiger partial charge in [-0.3, -0.25) is 4.79 Å². The molecule has 0 atom stereocenters. The van der Waals surface area contributed by atoms with Crippen LogP contribution in [0.2, 0.25) is 0 Å². The molecule has 0 radical (unpaired) electrons. The number of allylic oxidation sites excluding steroid dienone is 6. The molecule has 0 aliphatic carbocycles. The van der Waals surface area contributed by atoms with Gasteiger partial charge in [-0.1, -0.05) is 36.3 Å². The molecule has 0 N–H and O–H groups in total. The molecule has 0 aliphatic heterocycles. The Hall–Kier alpha value is -1.11. The van der Waals surface area contributed by atoms with Gasteiger partial charge in [0.05, 0.1) is 0 Å². The van der Waals surface area contributed by atoms with E-state index in [4.69, 9.17) is 0 Å². The van der Waals surface area contributed by atoms with E-state index in [-0.39, 0.29) is 5.41 Å². The van der Waals surface area contributed by atoms with Gasteiger partial charge in [-0.15, -0.1) is 0 Å². The average molecular weight is 234 g/mol. The Morgan fingerprint density at radius 3 is 1.65 bits per heavy atom. The normalized spacial score (nSPS) is 12.0. The third kappa shape index (κ3) is 7.73. The smallest absolute Gasteiger partial charge is 0.145 e. The van der Waals surface area contributed by atoms with Crippen LogP contribution in [-0.2, 0) is 4.79 Å². The molecular weight excluding hydrogens is 208 g/mol. The topological polar surface area (TPSA) is 17.1 Å². The number of hydrogen-bond donors (Lipinski definition) is 0. The van der Waals surface area contributed by atoms with Crippen molar-refractivity contribution in [2.45, 2.75) is 54.4 Å². The van der Waals surface area contributed by atoms with Crippen LogP contribution in [0.3, 0.4) is 0 Å². The highest BCUT2D eigenvalue weighted by atomic mass is 16.1. The molecular formula is C16H26O. The van der Waals surface area contributed by atoms with Gasteiger partial charge in [0.1, 0.15) is 6.29 Å². The van der Waals surface area contributed by atoms with E-state index in [0.29, 0.717) is 0 Å². The van der Waals surface area contributed by atoms with Gasteiger partial charge in [0, 0.05) is 0 Å². The van der Waals surface area contributed by atoms with Gasteiger partial charge in [-0.25, -0.2) is 0 Å². The first-order valence-corrected chi connectivity index (χ1v) is 6.20. The number of carbonyl (C=O) groups excluding carboxylic acids is 1. The minimum atomic E-state index is 0.0412. The number of aldehydes is 1. The van der Waals surface area contributed by atoms with E-state index in [1.54, 1.807) is 0 Å². The highest BCUT2D eigenvalue weighted by Crippen LogP contribution is 2.31. The van der Waals surface area contributed by atoms with Crippen molar-refractivity contribution in [3.8, 4) is 0 Å². The van der Waals surface area contributed by atoms with E-state index < -0.39 is 0 Å². The summed E-state index contributed by atoms with van der Waals surface area (Å²) in [6, 6.07) is 0. The van der Waals surface area contributed by atoms with Crippen LogP contribution in [0.15, 0.2) is 34.9 Å². The van der Waals surface area contributed by atoms with E-state index >= 15 is 0 Å². The minimum Gasteiger partial charge on any atom is -0.298 e. The van der Waals surface area contributed by atoms with Gasteiger partial charge in [0.15, 0.2) is 0 Å². The van der Waals surface area contributed by atoms with Gasteiger partial charge < -0.3 is 0 Å². The SMILES string of the molecule is CC(C)=CCC(C)(/C=C(\C)C=O)CC=C(C)C. The molecule has 0 rings (SSSR count). The Morgan fingerprint density at radius 2 is 1.35 bits per heavy atom. The molecule has 17 heavy (non-hydrogen) atoms. The van der Waals surface area contributed by atoms with Crippen molar-refractivity contribution in [2.75, 3.05) is 0 Å². The monoisotopic (exact) mass is 234 g/mol. The molecule has 0 aliphatic rings. The molecule has 0 heterocycles. The summed E-state index contributed by atoms with van der Waals surface area (Å²) in [5.41, 5.74) is 3.51. The van der Waals surface area contributed by atoms with Crippen molar-refractivity contribution in [1.29, 1.82) is 0 Å². The van der Waals surface area contributed by atoms with Crippen molar-refractivity contribution in [3.63, 3.8) is 0 Å². The highest BCUT2D eigenvalue weighted by Gasteiger charge is 2.19. The van der Waals surface area contributed by atoms with Crippen LogP contribution < -0.4 is 0 Å². The Labute approximate surface area is 106 Å². The predicted molar refractivity (Wildman–Crippen MR) is 76.0 cm³/mol. The molecule has 1 nitrogen and oxygen atoms in total. The molecule has 0 saturated heterocycles. The molecule has 0 aromatic heterocycles. The second-order valence-electron chi connectivity index (χ2n) is 5.63. The average Bonchev–Trinajstić information content (AvgIpc) is 2.24. The Bertz CT molecular complexity index is 315. The van der Waals surface area contributed by atoms with E-state index in [1.165, 1.54) is 11.1 Å². The van der Waals surface area contributed by atoms with Gasteiger partial charge in [-0.2, -0.15) is 0 Å². The molecule has 0 amide bonds. The number of rotatable bonds is 6. The standard InChI is InChI=1S/C16H26O/c1-13(2)7-9-16(6,10-8-14(3)4)11-15(5)12-17/h7-8,11-12H,9-10H2,1-6H3/b15-11+. The van der Waals surface area contributed by atoms with Crippen LogP contribution >= 0.6 is 0 Å². The van der Waals surface area contributed by atoms with Gasteiger partial charge in [0.25, 0.3) is 0 Å². The summed E-state index contributed by atoms with van der Waals surface area (Å²) in [6.07, 6.45) is 9.47. The van der Waals surface area contributed by atoms with Crippen molar-refractivity contribution in [1.82, 2.24) is 0 Å². The summed E-state index contributed by atoms with van der Waals surface area (Å²) in [5.74, 6) is 0. The summed E-state index contributed by atoms with van der Waals surface area (Å²) < 4.78 is 0. The number of hydrogen-bond acceptors (Lipinski definition) is 1. The lowest BCUT2D eigenvalue weighted by atomic mass is 9.80. The van der Waals surface area contributed by atoms with Crippen LogP contribution in [0.4, 0.5) is 0 Å². The molecule has 0 fully saturated rings. The molecule has 0 spiro atoms. The maximum absolute atomic E-state index is 10.8. The fraction of sp³-hybridized carbons (Fsp3) is 0.562. The maximum Gasteiger partial charge on any atom is 0.145 e. The summed E-state index contributed by atoms with van der Waals surface area (Å²) in [5, 5.41) is 0. The minimum absolute atomic E-state index is 0.0412. The lowest BCUT2D eigenvalue weighted by Gasteiger charge is -2.24. The zero-order valence-corrected chi connectivity index (χ0v) is 12.1. The zero-order chi connectivity index (χ0) is 13.5. The van der Waals surface area contributed by atoms with Gasteiger partial charge >= 0.3 is 0 Å². The Balaban J connectivity index is 4.99. The maximum atomic E-state index is 10.8. The van der Waals surface area contributed by atoms with Crippen molar-refractivity contribution in [2.24, 2.45) is 5.41 Å². The van der Waals surface area contributed by atoms with E-state index in [9.17, 15) is 4.79 Å². The number of carbonyl (C=O) groups is 1. The largest absolute Gasteiger partial charge is 0.298 e. The van der Waals surface area contributed by atoms with Crippen molar-refractivity contribution in [3.05, 3.63) is 34.9 Å². The summed E-state index contributed by atoms with van der Waals surface area (Å²) in [7, 11) is 0. The second kappa shape index (κ2) is 7.26. The molecule has 0 aromatic carbocycles. The quantitative estimate of drug-likeness (QED) is 0.365. The predicted octanol–water partition coefficient (Wildman–Crippen LogP) is 4.85. The molecule has 0 aromatic rings. The highest BCUT2D eigenvalue weighted by molar-refractivity contribution is 5.72. The first kappa shape index (κ1) is 15.9. The zero-order valence-electron chi connectivity index (χ0n) is 12.1. The molecule has 0 unspecified atom stereocenters. The summed E-state index contributed by atoms with van der Waals surface area (Å²) in [4.78, 5) is 10.8. The fourth-order valence-electron chi connectivity index (χ4n) is 1.66. The van der Waals surface area contributed by atoms with E-state index in [1.807, 2.05) is 6.92 Å². The molecule has 1 heteroatoms. The van der Waals surface area contributed by atoms with Crippen LogP contribution in [0.1, 0.15) is 54.4 Å². The lowest BCUT2D eigenvalue weighted by molar-refractivity contribution is -0.104. The lowest BCUT2D eigenvalue weighted by Crippen LogP contribution is -2.12. The van der Waals surface area contributed by atoms with Gasteiger partial charge in [-0.05, 0) is 58.4 Å². The first-order chi connectivity index (χ1) is 7.79. The van der Waals surface area contributed by atoms with E-state index in [2.05, 4.69) is 52.8 Å². The molecule has 0 bridgehead atoms. The summed E-state index contributed by atoms with van der Waals surface area (Å²) in [6.45, 7) is 12.5. The van der Waals surface area contributed by atoms with Crippen molar-refractivity contribution < 1.29 is 4.79 Å². The van der Waals surface area contributed by atoms with Gasteiger partial charge in [0.2, 0.25) is 0 Å². The van der Waals surface area contributed by atoms with Crippen molar-refractivity contribution >= 4 is 6.29 Å². The fourth-order valence-corrected chi connectivity index (χ4v) is 1.66. The third-order valence-electron chi connectivity index (χ3n) is 2.72. The first-order valence-electron chi connectivity index (χ1n) is 6.20. The molecule has 0 saturated carbocycles. The third-order valence-corrected chi connectivity index (χ3v) is 2.72. The van der Waals surface area contributed by atoms with Crippen LogP contribution in [-0.4, -0.2) is 6.29 Å². The summed E-state index contributed by atoms with van der Waals surface area (Å²) >= 11 is 0. The Morgan fingerprint density at radius 1 is 0.941 bits per heavy atom. The van der Waals surface area contributed by atoms with Crippen LogP contribution in [0.5, 0.6) is 0 Å². The Kier molecular flexibility index (Phi) is 6.79. The van der Waals surface area contributed by atoms with E-state index in [0.717, 1.165) is 24.7 Å².